The molecule has 0 aromatic carbocycles. The molecule has 0 bridgehead atoms. The van der Waals surface area contributed by atoms with Crippen molar-refractivity contribution in [3.05, 3.63) is 29.8 Å². The Kier molecular flexibility index (Phi) is 3.41. The van der Waals surface area contributed by atoms with Crippen molar-refractivity contribution in [2.24, 2.45) is 7.05 Å². The lowest BCUT2D eigenvalue weighted by molar-refractivity contribution is 0.427. The van der Waals surface area contributed by atoms with Crippen LogP contribution in [0.4, 0.5) is 10.1 Å². The van der Waals surface area contributed by atoms with Gasteiger partial charge in [0.1, 0.15) is 6.67 Å². The molecule has 2 aromatic heterocycles. The van der Waals surface area contributed by atoms with E-state index in [1.807, 2.05) is 24.7 Å². The summed E-state index contributed by atoms with van der Waals surface area (Å²) in [5, 5.41) is 11.5. The summed E-state index contributed by atoms with van der Waals surface area (Å²) in [6.45, 7) is 2.54. The first-order valence-electron chi connectivity index (χ1n) is 5.51. The van der Waals surface area contributed by atoms with Crippen molar-refractivity contribution in [2.75, 3.05) is 12.0 Å². The summed E-state index contributed by atoms with van der Waals surface area (Å²) < 4.78 is 15.5. The molecule has 6 heteroatoms. The first-order chi connectivity index (χ1) is 8.19. The lowest BCUT2D eigenvalue weighted by Crippen LogP contribution is -2.05. The maximum atomic E-state index is 12.1. The number of halogens is 1. The average Bonchev–Trinajstić information content (AvgIpc) is 2.83. The predicted octanol–water partition coefficient (Wildman–Crippen LogP) is 1.51. The highest BCUT2D eigenvalue weighted by molar-refractivity contribution is 5.38. The number of rotatable bonds is 5. The van der Waals surface area contributed by atoms with E-state index in [0.29, 0.717) is 13.1 Å². The van der Waals surface area contributed by atoms with E-state index in [4.69, 9.17) is 0 Å². The van der Waals surface area contributed by atoms with E-state index < -0.39 is 6.67 Å². The third-order valence-electron chi connectivity index (χ3n) is 2.52. The first-order valence-corrected chi connectivity index (χ1v) is 5.51. The van der Waals surface area contributed by atoms with Crippen LogP contribution in [0, 0.1) is 6.92 Å². The van der Waals surface area contributed by atoms with Crippen LogP contribution in [0.5, 0.6) is 0 Å². The van der Waals surface area contributed by atoms with E-state index >= 15 is 0 Å². The summed E-state index contributed by atoms with van der Waals surface area (Å²) in [6, 6.07) is 2.03. The number of aryl methyl sites for hydroxylation is 3. The van der Waals surface area contributed by atoms with E-state index in [0.717, 1.165) is 17.1 Å². The molecule has 5 nitrogen and oxygen atoms in total. The van der Waals surface area contributed by atoms with Crippen LogP contribution in [0.15, 0.2) is 18.5 Å². The Morgan fingerprint density at radius 2 is 2.29 bits per heavy atom. The highest BCUT2D eigenvalue weighted by atomic mass is 19.1. The minimum Gasteiger partial charge on any atom is -0.377 e. The van der Waals surface area contributed by atoms with Gasteiger partial charge in [-0.25, -0.2) is 4.39 Å². The zero-order chi connectivity index (χ0) is 12.3. The number of aromatic nitrogens is 4. The van der Waals surface area contributed by atoms with Crippen LogP contribution in [0.25, 0.3) is 0 Å². The van der Waals surface area contributed by atoms with Gasteiger partial charge >= 0.3 is 0 Å². The van der Waals surface area contributed by atoms with Crippen molar-refractivity contribution < 1.29 is 4.39 Å². The molecule has 0 amide bonds. The normalized spacial score (nSPS) is 10.8. The number of hydrogen-bond donors (Lipinski definition) is 1. The zero-order valence-corrected chi connectivity index (χ0v) is 10.0. The standard InChI is InChI=1S/C11H16FN5/c1-9-5-11(16(2)15-9)7-13-10-6-14-17(8-10)4-3-12/h5-6,8,13H,3-4,7H2,1-2H3. The van der Waals surface area contributed by atoms with Gasteiger partial charge in [-0.1, -0.05) is 0 Å². The third-order valence-corrected chi connectivity index (χ3v) is 2.52. The Bertz CT molecular complexity index is 488. The van der Waals surface area contributed by atoms with Crippen molar-refractivity contribution >= 4 is 5.69 Å². The Morgan fingerprint density at radius 1 is 1.47 bits per heavy atom. The van der Waals surface area contributed by atoms with E-state index in [1.165, 1.54) is 0 Å². The van der Waals surface area contributed by atoms with Crippen molar-refractivity contribution in [2.45, 2.75) is 20.0 Å². The maximum Gasteiger partial charge on any atom is 0.109 e. The molecule has 0 saturated heterocycles. The fraction of sp³-hybridized carbons (Fsp3) is 0.455. The van der Waals surface area contributed by atoms with E-state index in [-0.39, 0.29) is 0 Å². The van der Waals surface area contributed by atoms with Gasteiger partial charge in [0.15, 0.2) is 0 Å². The summed E-state index contributed by atoms with van der Waals surface area (Å²) in [4.78, 5) is 0. The molecule has 17 heavy (non-hydrogen) atoms. The summed E-state index contributed by atoms with van der Waals surface area (Å²) in [5.74, 6) is 0. The van der Waals surface area contributed by atoms with E-state index in [2.05, 4.69) is 15.5 Å². The minimum atomic E-state index is -0.401. The van der Waals surface area contributed by atoms with E-state index in [9.17, 15) is 4.39 Å². The minimum absolute atomic E-state index is 0.298. The predicted molar refractivity (Wildman–Crippen MR) is 63.5 cm³/mol. The summed E-state index contributed by atoms with van der Waals surface area (Å²) >= 11 is 0. The average molecular weight is 237 g/mol. The molecular weight excluding hydrogens is 221 g/mol. The van der Waals surface area contributed by atoms with Crippen LogP contribution in [-0.4, -0.2) is 26.2 Å². The molecule has 0 saturated carbocycles. The molecule has 0 unspecified atom stereocenters. The quantitative estimate of drug-likeness (QED) is 0.857. The van der Waals surface area contributed by atoms with Crippen molar-refractivity contribution in [3.63, 3.8) is 0 Å². The molecule has 2 heterocycles. The van der Waals surface area contributed by atoms with Crippen LogP contribution < -0.4 is 5.32 Å². The third kappa shape index (κ3) is 2.83. The number of nitrogens with zero attached hydrogens (tertiary/aromatic N) is 4. The smallest absolute Gasteiger partial charge is 0.109 e. The lowest BCUT2D eigenvalue weighted by atomic mass is 10.3. The van der Waals surface area contributed by atoms with E-state index in [1.54, 1.807) is 17.1 Å². The largest absolute Gasteiger partial charge is 0.377 e. The monoisotopic (exact) mass is 237 g/mol. The zero-order valence-electron chi connectivity index (χ0n) is 10.0. The molecule has 0 radical (unpaired) electrons. The molecule has 0 aliphatic heterocycles. The molecule has 1 N–H and O–H groups in total. The van der Waals surface area contributed by atoms with Crippen molar-refractivity contribution in [1.29, 1.82) is 0 Å². The van der Waals surface area contributed by atoms with Gasteiger partial charge in [0.2, 0.25) is 0 Å². The van der Waals surface area contributed by atoms with Gasteiger partial charge in [0.25, 0.3) is 0 Å². The second-order valence-corrected chi connectivity index (χ2v) is 3.94. The van der Waals surface area contributed by atoms with Gasteiger partial charge in [0, 0.05) is 13.2 Å². The first kappa shape index (κ1) is 11.6. The van der Waals surface area contributed by atoms with Crippen molar-refractivity contribution in [3.8, 4) is 0 Å². The van der Waals surface area contributed by atoms with Gasteiger partial charge in [-0.3, -0.25) is 9.36 Å². The number of alkyl halides is 1. The molecule has 0 aliphatic rings. The fourth-order valence-electron chi connectivity index (χ4n) is 1.69. The molecule has 0 atom stereocenters. The Hall–Kier alpha value is -1.85. The highest BCUT2D eigenvalue weighted by Gasteiger charge is 2.03. The summed E-state index contributed by atoms with van der Waals surface area (Å²) in [6.07, 6.45) is 3.49. The summed E-state index contributed by atoms with van der Waals surface area (Å²) in [7, 11) is 1.91. The number of hydrogen-bond acceptors (Lipinski definition) is 3. The van der Waals surface area contributed by atoms with Gasteiger partial charge in [-0.05, 0) is 13.0 Å². The topological polar surface area (TPSA) is 47.7 Å². The van der Waals surface area contributed by atoms with Crippen LogP contribution >= 0.6 is 0 Å². The molecule has 0 fully saturated rings. The van der Waals surface area contributed by atoms with Crippen LogP contribution in [-0.2, 0) is 20.1 Å². The molecule has 2 aromatic rings. The number of nitrogens with one attached hydrogen (secondary N) is 1. The summed E-state index contributed by atoms with van der Waals surface area (Å²) in [5.41, 5.74) is 2.98. The second-order valence-electron chi connectivity index (χ2n) is 3.94. The maximum absolute atomic E-state index is 12.1. The Balaban J connectivity index is 1.95. The molecular formula is C11H16FN5. The fourth-order valence-corrected chi connectivity index (χ4v) is 1.69. The number of anilines is 1. The van der Waals surface area contributed by atoms with Crippen LogP contribution in [0.1, 0.15) is 11.4 Å². The Morgan fingerprint density at radius 3 is 2.94 bits per heavy atom. The lowest BCUT2D eigenvalue weighted by Gasteiger charge is -2.03. The molecule has 0 spiro atoms. The Labute approximate surface area is 99.2 Å². The molecule has 92 valence electrons. The molecule has 2 rings (SSSR count). The van der Waals surface area contributed by atoms with Gasteiger partial charge in [-0.15, -0.1) is 0 Å². The SMILES string of the molecule is Cc1cc(CNc2cnn(CCF)c2)n(C)n1. The van der Waals surface area contributed by atoms with Crippen molar-refractivity contribution in [1.82, 2.24) is 19.6 Å². The van der Waals surface area contributed by atoms with Gasteiger partial charge in [-0.2, -0.15) is 10.2 Å². The van der Waals surface area contributed by atoms with Crippen LogP contribution in [0.3, 0.4) is 0 Å². The van der Waals surface area contributed by atoms with Gasteiger partial charge < -0.3 is 5.32 Å². The highest BCUT2D eigenvalue weighted by Crippen LogP contribution is 2.08. The van der Waals surface area contributed by atoms with Crippen LogP contribution in [0.2, 0.25) is 0 Å². The molecule has 0 aliphatic carbocycles. The second kappa shape index (κ2) is 4.99. The van der Waals surface area contributed by atoms with Gasteiger partial charge in [0.05, 0.1) is 36.4 Å².